The molecule has 6 nitrogen and oxygen atoms in total. The largest absolute Gasteiger partial charge is 0.346 e. The molecule has 110 valence electrons. The maximum atomic E-state index is 12.3. The van der Waals surface area contributed by atoms with Gasteiger partial charge in [0.1, 0.15) is 0 Å². The summed E-state index contributed by atoms with van der Waals surface area (Å²) in [6.07, 6.45) is 1.52. The molecule has 0 spiro atoms. The first-order chi connectivity index (χ1) is 10.1. The Morgan fingerprint density at radius 3 is 3.05 bits per heavy atom. The minimum atomic E-state index is -0.216. The molecule has 0 saturated carbocycles. The number of para-hydroxylation sites is 1. The number of amides is 2. The van der Waals surface area contributed by atoms with Gasteiger partial charge in [-0.2, -0.15) is 5.10 Å². The second-order valence-corrected chi connectivity index (χ2v) is 5.44. The van der Waals surface area contributed by atoms with Crippen LogP contribution >= 0.6 is 0 Å². The van der Waals surface area contributed by atoms with Gasteiger partial charge in [-0.25, -0.2) is 0 Å². The van der Waals surface area contributed by atoms with Crippen LogP contribution in [0.2, 0.25) is 0 Å². The van der Waals surface area contributed by atoms with Crippen molar-refractivity contribution in [2.24, 2.45) is 0 Å². The molecule has 6 heteroatoms. The monoisotopic (exact) mass is 286 g/mol. The first-order valence-electron chi connectivity index (χ1n) is 7.17. The summed E-state index contributed by atoms with van der Waals surface area (Å²) in [6.45, 7) is 3.23. The third kappa shape index (κ3) is 2.74. The van der Waals surface area contributed by atoms with Crippen molar-refractivity contribution >= 4 is 22.7 Å². The van der Waals surface area contributed by atoms with E-state index in [1.165, 1.54) is 0 Å². The number of rotatable bonds is 4. The van der Waals surface area contributed by atoms with Crippen LogP contribution in [0, 0.1) is 0 Å². The molecular weight excluding hydrogens is 268 g/mol. The fourth-order valence-electron chi connectivity index (χ4n) is 2.70. The maximum Gasteiger partial charge on any atom is 0.272 e. The first kappa shape index (κ1) is 13.6. The highest BCUT2D eigenvalue weighted by Crippen LogP contribution is 2.15. The van der Waals surface area contributed by atoms with Crippen LogP contribution in [0.1, 0.15) is 30.3 Å². The van der Waals surface area contributed by atoms with E-state index in [1.54, 1.807) is 4.90 Å². The summed E-state index contributed by atoms with van der Waals surface area (Å²) in [7, 11) is 0. The van der Waals surface area contributed by atoms with Crippen LogP contribution in [0.4, 0.5) is 0 Å². The van der Waals surface area contributed by atoms with Gasteiger partial charge < -0.3 is 10.2 Å². The lowest BCUT2D eigenvalue weighted by molar-refractivity contribution is -0.127. The number of nitrogens with one attached hydrogen (secondary N) is 2. The molecule has 3 rings (SSSR count). The van der Waals surface area contributed by atoms with Gasteiger partial charge in [-0.3, -0.25) is 14.7 Å². The quantitative estimate of drug-likeness (QED) is 0.889. The van der Waals surface area contributed by atoms with Crippen molar-refractivity contribution in [2.75, 3.05) is 13.1 Å². The Kier molecular flexibility index (Phi) is 3.60. The number of likely N-dealkylation sites (tertiary alicyclic amines) is 1. The molecule has 2 aromatic rings. The SMILES string of the molecule is CC(CN1CCCC1=O)NC(=O)c1n[nH]c2ccccc12. The van der Waals surface area contributed by atoms with Crippen LogP contribution in [0.5, 0.6) is 0 Å². The van der Waals surface area contributed by atoms with Crippen molar-refractivity contribution in [3.63, 3.8) is 0 Å². The molecule has 0 radical (unpaired) electrons. The molecule has 2 N–H and O–H groups in total. The second kappa shape index (κ2) is 5.55. The smallest absolute Gasteiger partial charge is 0.272 e. The molecule has 1 fully saturated rings. The molecule has 1 saturated heterocycles. The predicted octanol–water partition coefficient (Wildman–Crippen LogP) is 1.30. The van der Waals surface area contributed by atoms with Crippen molar-refractivity contribution in [1.82, 2.24) is 20.4 Å². The van der Waals surface area contributed by atoms with E-state index >= 15 is 0 Å². The van der Waals surface area contributed by atoms with Gasteiger partial charge in [-0.05, 0) is 19.4 Å². The number of aromatic nitrogens is 2. The van der Waals surface area contributed by atoms with Crippen molar-refractivity contribution in [1.29, 1.82) is 0 Å². The number of nitrogens with zero attached hydrogens (tertiary/aromatic N) is 2. The van der Waals surface area contributed by atoms with E-state index in [0.717, 1.165) is 23.9 Å². The standard InChI is InChI=1S/C15H18N4O2/c1-10(9-19-8-4-7-13(19)20)16-15(21)14-11-5-2-3-6-12(11)17-18-14/h2-3,5-6,10H,4,7-9H2,1H3,(H,16,21)(H,17,18). The number of carbonyl (C=O) groups excluding carboxylic acids is 2. The normalized spacial score (nSPS) is 16.4. The Bertz CT molecular complexity index is 679. The fourth-order valence-corrected chi connectivity index (χ4v) is 2.70. The van der Waals surface area contributed by atoms with Gasteiger partial charge in [0.2, 0.25) is 5.91 Å². The molecule has 2 heterocycles. The van der Waals surface area contributed by atoms with Crippen molar-refractivity contribution in [3.8, 4) is 0 Å². The first-order valence-corrected chi connectivity index (χ1v) is 7.17. The molecule has 21 heavy (non-hydrogen) atoms. The van der Waals surface area contributed by atoms with Gasteiger partial charge >= 0.3 is 0 Å². The summed E-state index contributed by atoms with van der Waals surface area (Å²) in [5.74, 6) is -0.0482. The molecule has 0 aliphatic carbocycles. The maximum absolute atomic E-state index is 12.3. The Morgan fingerprint density at radius 1 is 1.48 bits per heavy atom. The number of carbonyl (C=O) groups is 2. The van der Waals surface area contributed by atoms with E-state index < -0.39 is 0 Å². The minimum Gasteiger partial charge on any atom is -0.346 e. The molecule has 1 aromatic carbocycles. The number of hydrogen-bond acceptors (Lipinski definition) is 3. The van der Waals surface area contributed by atoms with E-state index in [2.05, 4.69) is 15.5 Å². The lowest BCUT2D eigenvalue weighted by Crippen LogP contribution is -2.42. The molecule has 1 aliphatic rings. The molecule has 2 amide bonds. The highest BCUT2D eigenvalue weighted by molar-refractivity contribution is 6.04. The van der Waals surface area contributed by atoms with Crippen LogP contribution in [0.25, 0.3) is 10.9 Å². The molecular formula is C15H18N4O2. The topological polar surface area (TPSA) is 78.1 Å². The van der Waals surface area contributed by atoms with Gasteiger partial charge in [-0.15, -0.1) is 0 Å². The number of fused-ring (bicyclic) bond motifs is 1. The second-order valence-electron chi connectivity index (χ2n) is 5.44. The van der Waals surface area contributed by atoms with E-state index in [0.29, 0.717) is 18.7 Å². The van der Waals surface area contributed by atoms with E-state index in [-0.39, 0.29) is 17.9 Å². The minimum absolute atomic E-state index is 0.102. The molecule has 1 aliphatic heterocycles. The van der Waals surface area contributed by atoms with Crippen molar-refractivity contribution in [3.05, 3.63) is 30.0 Å². The zero-order valence-corrected chi connectivity index (χ0v) is 11.9. The Labute approximate surface area is 122 Å². The zero-order chi connectivity index (χ0) is 14.8. The highest BCUT2D eigenvalue weighted by atomic mass is 16.2. The predicted molar refractivity (Wildman–Crippen MR) is 78.8 cm³/mol. The third-order valence-electron chi connectivity index (χ3n) is 3.73. The lowest BCUT2D eigenvalue weighted by atomic mass is 10.2. The summed E-state index contributed by atoms with van der Waals surface area (Å²) in [6, 6.07) is 7.41. The zero-order valence-electron chi connectivity index (χ0n) is 11.9. The third-order valence-corrected chi connectivity index (χ3v) is 3.73. The van der Waals surface area contributed by atoms with Crippen LogP contribution in [0.15, 0.2) is 24.3 Å². The van der Waals surface area contributed by atoms with Crippen molar-refractivity contribution < 1.29 is 9.59 Å². The Balaban J connectivity index is 1.67. The van der Waals surface area contributed by atoms with Crippen LogP contribution in [-0.4, -0.2) is 46.0 Å². The Morgan fingerprint density at radius 2 is 2.29 bits per heavy atom. The van der Waals surface area contributed by atoms with E-state index in [4.69, 9.17) is 0 Å². The number of aromatic amines is 1. The van der Waals surface area contributed by atoms with Crippen LogP contribution < -0.4 is 5.32 Å². The Hall–Kier alpha value is -2.37. The summed E-state index contributed by atoms with van der Waals surface area (Å²) in [5, 5.41) is 10.6. The molecule has 1 atom stereocenters. The number of H-pyrrole nitrogens is 1. The van der Waals surface area contributed by atoms with E-state index in [9.17, 15) is 9.59 Å². The van der Waals surface area contributed by atoms with Crippen molar-refractivity contribution in [2.45, 2.75) is 25.8 Å². The summed E-state index contributed by atoms with van der Waals surface area (Å²) < 4.78 is 0. The fraction of sp³-hybridized carbons (Fsp3) is 0.400. The summed E-state index contributed by atoms with van der Waals surface area (Å²) >= 11 is 0. The summed E-state index contributed by atoms with van der Waals surface area (Å²) in [4.78, 5) is 25.7. The number of benzene rings is 1. The highest BCUT2D eigenvalue weighted by Gasteiger charge is 2.23. The molecule has 1 unspecified atom stereocenters. The van der Waals surface area contributed by atoms with Gasteiger partial charge in [0.05, 0.1) is 5.52 Å². The average Bonchev–Trinajstić information content (AvgIpc) is 3.05. The molecule has 1 aromatic heterocycles. The van der Waals surface area contributed by atoms with Gasteiger partial charge in [-0.1, -0.05) is 18.2 Å². The van der Waals surface area contributed by atoms with Gasteiger partial charge in [0.25, 0.3) is 5.91 Å². The van der Waals surface area contributed by atoms with Gasteiger partial charge in [0, 0.05) is 30.9 Å². The molecule has 0 bridgehead atoms. The average molecular weight is 286 g/mol. The van der Waals surface area contributed by atoms with Crippen LogP contribution in [0.3, 0.4) is 0 Å². The van der Waals surface area contributed by atoms with E-state index in [1.807, 2.05) is 31.2 Å². The lowest BCUT2D eigenvalue weighted by Gasteiger charge is -2.21. The van der Waals surface area contributed by atoms with Crippen LogP contribution in [-0.2, 0) is 4.79 Å². The van der Waals surface area contributed by atoms with Gasteiger partial charge in [0.15, 0.2) is 5.69 Å². The summed E-state index contributed by atoms with van der Waals surface area (Å²) in [5.41, 5.74) is 1.23. The number of hydrogen-bond donors (Lipinski definition) is 2.